The third-order valence-corrected chi connectivity index (χ3v) is 3.92. The number of nitrogens with zero attached hydrogens (tertiary/aromatic N) is 1. The number of H-pyrrole nitrogens is 1. The second kappa shape index (κ2) is 8.06. The molecule has 0 aliphatic rings. The summed E-state index contributed by atoms with van der Waals surface area (Å²) in [6, 6.07) is 8.02. The molecule has 128 valence electrons. The minimum atomic E-state index is -0.0648. The minimum absolute atomic E-state index is 0.0648. The molecule has 3 N–H and O–H groups in total. The number of benzene rings is 1. The second-order valence-electron chi connectivity index (χ2n) is 6.39. The summed E-state index contributed by atoms with van der Waals surface area (Å²) in [7, 11) is 0. The van der Waals surface area contributed by atoms with Gasteiger partial charge >= 0.3 is 0 Å². The van der Waals surface area contributed by atoms with Crippen molar-refractivity contribution < 1.29 is 4.79 Å². The van der Waals surface area contributed by atoms with E-state index < -0.39 is 0 Å². The lowest BCUT2D eigenvalue weighted by Crippen LogP contribution is -2.34. The number of carbonyl (C=O) groups excluding carboxylic acids is 1. The van der Waals surface area contributed by atoms with Gasteiger partial charge in [0.2, 0.25) is 5.91 Å². The molecule has 0 unspecified atom stereocenters. The normalized spacial score (nSPS) is 10.7. The van der Waals surface area contributed by atoms with Crippen LogP contribution in [-0.4, -0.2) is 21.2 Å². The molecule has 1 amide bonds. The molecule has 0 bridgehead atoms. The van der Waals surface area contributed by atoms with Gasteiger partial charge in [-0.1, -0.05) is 26.0 Å². The first kappa shape index (κ1) is 18.1. The first-order valence-electron chi connectivity index (χ1n) is 8.05. The van der Waals surface area contributed by atoms with Crippen LogP contribution in [-0.2, 0) is 11.2 Å². The lowest BCUT2D eigenvalue weighted by molar-refractivity contribution is -0.120. The van der Waals surface area contributed by atoms with E-state index in [-0.39, 0.29) is 5.91 Å². The van der Waals surface area contributed by atoms with Crippen LogP contribution in [0.2, 0.25) is 0 Å². The molecule has 0 aliphatic heterocycles. The van der Waals surface area contributed by atoms with Crippen molar-refractivity contribution in [2.75, 3.05) is 5.32 Å². The molecule has 0 aliphatic carbocycles. The summed E-state index contributed by atoms with van der Waals surface area (Å²) in [5.74, 6) is 0.243. The van der Waals surface area contributed by atoms with Crippen LogP contribution in [0.4, 0.5) is 5.69 Å². The van der Waals surface area contributed by atoms with Crippen molar-refractivity contribution in [3.05, 3.63) is 46.8 Å². The summed E-state index contributed by atoms with van der Waals surface area (Å²) in [4.78, 5) is 11.7. The highest BCUT2D eigenvalue weighted by Gasteiger charge is 2.09. The minimum Gasteiger partial charge on any atom is -0.332 e. The zero-order valence-electron chi connectivity index (χ0n) is 14.6. The van der Waals surface area contributed by atoms with Crippen molar-refractivity contribution in [3.63, 3.8) is 0 Å². The lowest BCUT2D eigenvalue weighted by atomic mass is 10.0. The number of nitrogens with one attached hydrogen (secondary N) is 3. The Balaban J connectivity index is 1.92. The maximum Gasteiger partial charge on any atom is 0.226 e. The molecule has 0 saturated carbocycles. The van der Waals surface area contributed by atoms with Crippen molar-refractivity contribution in [2.45, 2.75) is 40.5 Å². The highest BCUT2D eigenvalue weighted by atomic mass is 32.1. The molecule has 0 atom stereocenters. The summed E-state index contributed by atoms with van der Waals surface area (Å²) in [5.41, 5.74) is 5.41. The Morgan fingerprint density at radius 3 is 2.46 bits per heavy atom. The zero-order chi connectivity index (χ0) is 17.7. The van der Waals surface area contributed by atoms with Gasteiger partial charge in [-0.3, -0.25) is 9.89 Å². The SMILES string of the molecule is Cc1n[nH]c(C)c1Cc1ccc(NC(=S)NC(=O)CC(C)C)cc1. The van der Waals surface area contributed by atoms with Gasteiger partial charge < -0.3 is 10.6 Å². The second-order valence-corrected chi connectivity index (χ2v) is 6.79. The zero-order valence-corrected chi connectivity index (χ0v) is 15.4. The Hall–Kier alpha value is -2.21. The molecule has 5 nitrogen and oxygen atoms in total. The van der Waals surface area contributed by atoms with Gasteiger partial charge in [-0.15, -0.1) is 0 Å². The molecular weight excluding hydrogens is 320 g/mol. The third-order valence-electron chi connectivity index (χ3n) is 3.72. The van der Waals surface area contributed by atoms with Crippen LogP contribution in [0.25, 0.3) is 0 Å². The Bertz CT molecular complexity index is 700. The molecule has 1 aromatic carbocycles. The van der Waals surface area contributed by atoms with Crippen LogP contribution in [0, 0.1) is 19.8 Å². The van der Waals surface area contributed by atoms with Gasteiger partial charge in [0, 0.05) is 29.8 Å². The smallest absolute Gasteiger partial charge is 0.226 e. The Kier molecular flexibility index (Phi) is 6.09. The summed E-state index contributed by atoms with van der Waals surface area (Å²) < 4.78 is 0. The van der Waals surface area contributed by atoms with Crippen LogP contribution in [0.3, 0.4) is 0 Å². The molecule has 2 rings (SSSR count). The number of rotatable bonds is 5. The van der Waals surface area contributed by atoms with E-state index in [1.807, 2.05) is 52.0 Å². The number of anilines is 1. The van der Waals surface area contributed by atoms with Crippen molar-refractivity contribution in [1.29, 1.82) is 0 Å². The number of aromatic nitrogens is 2. The quantitative estimate of drug-likeness (QED) is 0.726. The fraction of sp³-hybridized carbons (Fsp3) is 0.389. The maximum atomic E-state index is 11.7. The number of aryl methyl sites for hydroxylation is 2. The predicted octanol–water partition coefficient (Wildman–Crippen LogP) is 3.48. The molecule has 6 heteroatoms. The van der Waals surface area contributed by atoms with Gasteiger partial charge in [-0.25, -0.2) is 0 Å². The molecule has 24 heavy (non-hydrogen) atoms. The molecule has 2 aromatic rings. The molecule has 0 fully saturated rings. The first-order chi connectivity index (χ1) is 11.3. The number of thiocarbonyl (C=S) groups is 1. The summed E-state index contributed by atoms with van der Waals surface area (Å²) in [5, 5.41) is 13.3. The Morgan fingerprint density at radius 2 is 1.92 bits per heavy atom. The van der Waals surface area contributed by atoms with Crippen molar-refractivity contribution >= 4 is 28.9 Å². The van der Waals surface area contributed by atoms with E-state index in [9.17, 15) is 4.79 Å². The number of hydrogen-bond donors (Lipinski definition) is 3. The monoisotopic (exact) mass is 344 g/mol. The van der Waals surface area contributed by atoms with Crippen molar-refractivity contribution in [3.8, 4) is 0 Å². The van der Waals surface area contributed by atoms with Gasteiger partial charge in [0.15, 0.2) is 5.11 Å². The summed E-state index contributed by atoms with van der Waals surface area (Å²) in [6.07, 6.45) is 1.30. The predicted molar refractivity (Wildman–Crippen MR) is 101 cm³/mol. The standard InChI is InChI=1S/C18H24N4OS/c1-11(2)9-17(23)20-18(24)19-15-7-5-14(6-8-15)10-16-12(3)21-22-13(16)4/h5-8,11H,9-10H2,1-4H3,(H,21,22)(H2,19,20,23,24). The Morgan fingerprint density at radius 1 is 1.25 bits per heavy atom. The topological polar surface area (TPSA) is 69.8 Å². The van der Waals surface area contributed by atoms with E-state index in [4.69, 9.17) is 12.2 Å². The molecule has 0 radical (unpaired) electrons. The fourth-order valence-electron chi connectivity index (χ4n) is 2.46. The Labute approximate surface area is 148 Å². The average Bonchev–Trinajstić information content (AvgIpc) is 2.80. The van der Waals surface area contributed by atoms with E-state index in [2.05, 4.69) is 20.8 Å². The highest BCUT2D eigenvalue weighted by molar-refractivity contribution is 7.80. The van der Waals surface area contributed by atoms with Gasteiger partial charge in [0.05, 0.1) is 5.69 Å². The largest absolute Gasteiger partial charge is 0.332 e. The lowest BCUT2D eigenvalue weighted by Gasteiger charge is -2.11. The van der Waals surface area contributed by atoms with E-state index >= 15 is 0 Å². The van der Waals surface area contributed by atoms with E-state index in [1.54, 1.807) is 0 Å². The molecule has 1 aromatic heterocycles. The highest BCUT2D eigenvalue weighted by Crippen LogP contribution is 2.17. The van der Waals surface area contributed by atoms with Crippen LogP contribution >= 0.6 is 12.2 Å². The van der Waals surface area contributed by atoms with Crippen molar-refractivity contribution in [1.82, 2.24) is 15.5 Å². The van der Waals surface area contributed by atoms with Crippen LogP contribution in [0.15, 0.2) is 24.3 Å². The van der Waals surface area contributed by atoms with Gasteiger partial charge in [0.1, 0.15) is 0 Å². The van der Waals surface area contributed by atoms with E-state index in [1.165, 1.54) is 11.1 Å². The van der Waals surface area contributed by atoms with Crippen molar-refractivity contribution in [2.24, 2.45) is 5.92 Å². The third kappa shape index (κ3) is 5.16. The van der Waals surface area contributed by atoms with E-state index in [0.717, 1.165) is 23.5 Å². The number of carbonyl (C=O) groups is 1. The average molecular weight is 344 g/mol. The summed E-state index contributed by atoms with van der Waals surface area (Å²) in [6.45, 7) is 8.03. The van der Waals surface area contributed by atoms with Crippen LogP contribution < -0.4 is 10.6 Å². The summed E-state index contributed by atoms with van der Waals surface area (Å²) >= 11 is 5.17. The van der Waals surface area contributed by atoms with Gasteiger partial charge in [0.25, 0.3) is 0 Å². The number of hydrogen-bond acceptors (Lipinski definition) is 3. The van der Waals surface area contributed by atoms with Gasteiger partial charge in [-0.2, -0.15) is 5.10 Å². The van der Waals surface area contributed by atoms with E-state index in [0.29, 0.717) is 17.5 Å². The molecule has 1 heterocycles. The molecule has 0 spiro atoms. The number of amides is 1. The van der Waals surface area contributed by atoms with Gasteiger partial charge in [-0.05, 0) is 49.7 Å². The van der Waals surface area contributed by atoms with Crippen LogP contribution in [0.5, 0.6) is 0 Å². The maximum absolute atomic E-state index is 11.7. The first-order valence-corrected chi connectivity index (χ1v) is 8.46. The van der Waals surface area contributed by atoms with Crippen LogP contribution in [0.1, 0.15) is 42.8 Å². The fourth-order valence-corrected chi connectivity index (χ4v) is 2.69. The molecular formula is C18H24N4OS. The number of aromatic amines is 1. The molecule has 0 saturated heterocycles.